The fourth-order valence-electron chi connectivity index (χ4n) is 1.92. The zero-order chi connectivity index (χ0) is 13.4. The lowest BCUT2D eigenvalue weighted by atomic mass is 10.1. The number of carbonyl (C=O) groups is 1. The first-order valence-corrected chi connectivity index (χ1v) is 6.60. The number of benzene rings is 1. The quantitative estimate of drug-likeness (QED) is 0.780. The highest BCUT2D eigenvalue weighted by Gasteiger charge is 2.11. The van der Waals surface area contributed by atoms with E-state index in [1.807, 2.05) is 25.1 Å². The van der Waals surface area contributed by atoms with Crippen molar-refractivity contribution < 1.29 is 9.53 Å². The first-order chi connectivity index (χ1) is 8.63. The van der Waals surface area contributed by atoms with Crippen molar-refractivity contribution in [2.45, 2.75) is 45.7 Å². The molecule has 19 heavy (non-hydrogen) atoms. The molecule has 0 fully saturated rings. The van der Waals surface area contributed by atoms with Gasteiger partial charge >= 0.3 is 5.97 Å². The van der Waals surface area contributed by atoms with Crippen LogP contribution in [0.1, 0.15) is 45.2 Å². The molecular weight excluding hydrogens is 262 g/mol. The molecule has 0 radical (unpaired) electrons. The van der Waals surface area contributed by atoms with Crippen molar-refractivity contribution in [3.05, 3.63) is 35.9 Å². The Labute approximate surface area is 122 Å². The Bertz CT molecular complexity index is 356. The number of carbonyl (C=O) groups excluding carboxylic acids is 1. The van der Waals surface area contributed by atoms with Gasteiger partial charge in [0.25, 0.3) is 0 Å². The average molecular weight is 286 g/mol. The van der Waals surface area contributed by atoms with Gasteiger partial charge in [-0.2, -0.15) is 0 Å². The van der Waals surface area contributed by atoms with Crippen molar-refractivity contribution in [3.8, 4) is 0 Å². The van der Waals surface area contributed by atoms with Crippen molar-refractivity contribution in [1.29, 1.82) is 0 Å². The molecule has 0 saturated heterocycles. The van der Waals surface area contributed by atoms with E-state index in [2.05, 4.69) is 31.3 Å². The highest BCUT2D eigenvalue weighted by atomic mass is 35.5. The van der Waals surface area contributed by atoms with E-state index in [0.29, 0.717) is 25.1 Å². The Balaban J connectivity index is 0.00000324. The summed E-state index contributed by atoms with van der Waals surface area (Å²) in [5, 5.41) is 3.49. The molecule has 1 aromatic carbocycles. The van der Waals surface area contributed by atoms with Gasteiger partial charge in [-0.15, -0.1) is 12.4 Å². The predicted molar refractivity (Wildman–Crippen MR) is 80.6 cm³/mol. The molecule has 0 aliphatic carbocycles. The number of halogens is 1. The molecule has 1 aromatic rings. The summed E-state index contributed by atoms with van der Waals surface area (Å²) in [4.78, 5) is 11.3. The van der Waals surface area contributed by atoms with Gasteiger partial charge in [-0.3, -0.25) is 4.79 Å². The van der Waals surface area contributed by atoms with Crippen molar-refractivity contribution in [2.24, 2.45) is 0 Å². The highest BCUT2D eigenvalue weighted by Crippen LogP contribution is 2.13. The predicted octanol–water partition coefficient (Wildman–Crippen LogP) is 3.49. The van der Waals surface area contributed by atoms with E-state index in [0.717, 1.165) is 6.42 Å². The summed E-state index contributed by atoms with van der Waals surface area (Å²) in [6.07, 6.45) is 1.28. The lowest BCUT2D eigenvalue weighted by Gasteiger charge is -2.20. The molecule has 0 amide bonds. The molecule has 1 N–H and O–H groups in total. The second-order valence-electron chi connectivity index (χ2n) is 4.54. The van der Waals surface area contributed by atoms with Crippen LogP contribution in [-0.2, 0) is 9.53 Å². The van der Waals surface area contributed by atoms with Crippen LogP contribution in [0, 0.1) is 0 Å². The van der Waals surface area contributed by atoms with E-state index in [-0.39, 0.29) is 18.4 Å². The Hall–Kier alpha value is -1.06. The second kappa shape index (κ2) is 9.82. The minimum absolute atomic E-state index is 0. The van der Waals surface area contributed by atoms with Crippen molar-refractivity contribution in [1.82, 2.24) is 5.32 Å². The van der Waals surface area contributed by atoms with E-state index >= 15 is 0 Å². The van der Waals surface area contributed by atoms with Gasteiger partial charge in [-0.1, -0.05) is 30.3 Å². The van der Waals surface area contributed by atoms with E-state index < -0.39 is 0 Å². The topological polar surface area (TPSA) is 38.3 Å². The van der Waals surface area contributed by atoms with E-state index in [1.165, 1.54) is 5.56 Å². The lowest BCUT2D eigenvalue weighted by molar-refractivity contribution is -0.143. The molecule has 0 aliphatic heterocycles. The molecule has 2 atom stereocenters. The maximum Gasteiger partial charge on any atom is 0.305 e. The first-order valence-electron chi connectivity index (χ1n) is 6.60. The summed E-state index contributed by atoms with van der Waals surface area (Å²) in [7, 11) is 0. The molecule has 0 saturated carbocycles. The molecule has 0 bridgehead atoms. The molecular formula is C15H24ClNO2. The number of hydrogen-bond donors (Lipinski definition) is 1. The minimum atomic E-state index is -0.112. The van der Waals surface area contributed by atoms with Crippen LogP contribution in [0.15, 0.2) is 30.3 Å². The van der Waals surface area contributed by atoms with Crippen LogP contribution in [-0.4, -0.2) is 18.6 Å². The summed E-state index contributed by atoms with van der Waals surface area (Å²) in [6.45, 7) is 6.52. The maximum absolute atomic E-state index is 11.3. The lowest BCUT2D eigenvalue weighted by Crippen LogP contribution is -2.29. The third-order valence-corrected chi connectivity index (χ3v) is 2.92. The molecule has 3 nitrogen and oxygen atoms in total. The second-order valence-corrected chi connectivity index (χ2v) is 4.54. The fourth-order valence-corrected chi connectivity index (χ4v) is 1.92. The number of hydrogen-bond acceptors (Lipinski definition) is 3. The Morgan fingerprint density at radius 2 is 1.89 bits per heavy atom. The van der Waals surface area contributed by atoms with Crippen LogP contribution in [0.3, 0.4) is 0 Å². The minimum Gasteiger partial charge on any atom is -0.466 e. The molecule has 1 unspecified atom stereocenters. The average Bonchev–Trinajstić information content (AvgIpc) is 2.38. The summed E-state index contributed by atoms with van der Waals surface area (Å²) in [6, 6.07) is 10.9. The van der Waals surface area contributed by atoms with Crippen LogP contribution in [0.2, 0.25) is 0 Å². The smallest absolute Gasteiger partial charge is 0.305 e. The summed E-state index contributed by atoms with van der Waals surface area (Å²) < 4.78 is 4.92. The maximum atomic E-state index is 11.3. The molecule has 0 aromatic heterocycles. The Morgan fingerprint density at radius 3 is 2.47 bits per heavy atom. The van der Waals surface area contributed by atoms with E-state index in [1.54, 1.807) is 0 Å². The molecule has 4 heteroatoms. The van der Waals surface area contributed by atoms with Crippen molar-refractivity contribution in [3.63, 3.8) is 0 Å². The molecule has 108 valence electrons. The van der Waals surface area contributed by atoms with Crippen molar-refractivity contribution >= 4 is 18.4 Å². The Kier molecular flexibility index (Phi) is 9.27. The zero-order valence-electron chi connectivity index (χ0n) is 11.9. The van der Waals surface area contributed by atoms with Gasteiger partial charge in [-0.05, 0) is 32.8 Å². The molecule has 0 aliphatic rings. The van der Waals surface area contributed by atoms with Crippen LogP contribution in [0.5, 0.6) is 0 Å². The van der Waals surface area contributed by atoms with Gasteiger partial charge in [0.1, 0.15) is 0 Å². The number of nitrogens with one attached hydrogen (secondary N) is 1. The van der Waals surface area contributed by atoms with Crippen LogP contribution < -0.4 is 5.32 Å². The Morgan fingerprint density at radius 1 is 1.26 bits per heavy atom. The summed E-state index contributed by atoms with van der Waals surface area (Å²) in [5.41, 5.74) is 1.26. The van der Waals surface area contributed by atoms with Gasteiger partial charge in [0.2, 0.25) is 0 Å². The standard InChI is InChI=1S/C15H23NO2.ClH/c1-4-18-15(17)11-10-12(2)16-13(3)14-8-6-5-7-9-14;/h5-9,12-13,16H,4,10-11H2,1-3H3;1H/t12?,13-;/m0./s1. The molecule has 1 rings (SSSR count). The van der Waals surface area contributed by atoms with Gasteiger partial charge in [0.15, 0.2) is 0 Å². The van der Waals surface area contributed by atoms with Crippen molar-refractivity contribution in [2.75, 3.05) is 6.61 Å². The zero-order valence-corrected chi connectivity index (χ0v) is 12.7. The number of rotatable bonds is 7. The molecule has 0 spiro atoms. The number of esters is 1. The van der Waals surface area contributed by atoms with Gasteiger partial charge in [0.05, 0.1) is 6.61 Å². The van der Waals surface area contributed by atoms with E-state index in [4.69, 9.17) is 4.74 Å². The first kappa shape index (κ1) is 17.9. The normalized spacial score (nSPS) is 13.2. The third-order valence-electron chi connectivity index (χ3n) is 2.92. The van der Waals surface area contributed by atoms with Gasteiger partial charge in [-0.25, -0.2) is 0 Å². The summed E-state index contributed by atoms with van der Waals surface area (Å²) >= 11 is 0. The van der Waals surface area contributed by atoms with Crippen LogP contribution in [0.25, 0.3) is 0 Å². The fraction of sp³-hybridized carbons (Fsp3) is 0.533. The van der Waals surface area contributed by atoms with E-state index in [9.17, 15) is 4.79 Å². The van der Waals surface area contributed by atoms with Crippen LogP contribution in [0.4, 0.5) is 0 Å². The highest BCUT2D eigenvalue weighted by molar-refractivity contribution is 5.85. The monoisotopic (exact) mass is 285 g/mol. The number of ether oxygens (including phenoxy) is 1. The van der Waals surface area contributed by atoms with Crippen LogP contribution >= 0.6 is 12.4 Å². The molecule has 0 heterocycles. The van der Waals surface area contributed by atoms with Gasteiger partial charge in [0, 0.05) is 18.5 Å². The largest absolute Gasteiger partial charge is 0.466 e. The summed E-state index contributed by atoms with van der Waals surface area (Å²) in [5.74, 6) is -0.112. The third kappa shape index (κ3) is 7.19. The van der Waals surface area contributed by atoms with Gasteiger partial charge < -0.3 is 10.1 Å². The SMILES string of the molecule is CCOC(=O)CCC(C)N[C@@H](C)c1ccccc1.Cl.